The van der Waals surface area contributed by atoms with E-state index < -0.39 is 0 Å². The minimum atomic E-state index is -0.225. The van der Waals surface area contributed by atoms with Gasteiger partial charge < -0.3 is 4.74 Å². The highest BCUT2D eigenvalue weighted by molar-refractivity contribution is 5.66. The molecule has 0 saturated heterocycles. The normalized spacial score (nSPS) is 9.40. The lowest BCUT2D eigenvalue weighted by atomic mass is 10.2. The molecule has 0 aromatic carbocycles. The average Bonchev–Trinajstić information content (AvgIpc) is 1.87. The smallest absolute Gasteiger partial charge is 0.303 e. The highest BCUT2D eigenvalue weighted by atomic mass is 16.5. The molecule has 0 unspecified atom stereocenters. The predicted molar refractivity (Wildman–Crippen MR) is 40.2 cm³/mol. The third kappa shape index (κ3) is 7.47. The molecule has 10 heavy (non-hydrogen) atoms. The first-order chi connectivity index (χ1) is 4.77. The first-order valence-electron chi connectivity index (χ1n) is 3.76. The van der Waals surface area contributed by atoms with Crippen molar-refractivity contribution in [1.29, 1.82) is 0 Å². The Labute approximate surface area is 62.6 Å². The number of rotatable bonds is 5. The van der Waals surface area contributed by atoms with E-state index in [2.05, 4.69) is 11.7 Å². The predicted octanol–water partition coefficient (Wildman–Crippen LogP) is 2.29. The van der Waals surface area contributed by atoms with Gasteiger partial charge in [0.05, 0.1) is 0 Å². The van der Waals surface area contributed by atoms with Gasteiger partial charge in [-0.05, 0) is 12.8 Å². The largest absolute Gasteiger partial charge is 0.459 e. The van der Waals surface area contributed by atoms with Gasteiger partial charge in [0.25, 0.3) is 0 Å². The van der Waals surface area contributed by atoms with E-state index in [-0.39, 0.29) is 5.97 Å². The summed E-state index contributed by atoms with van der Waals surface area (Å²) in [4.78, 5) is 10.2. The van der Waals surface area contributed by atoms with Crippen LogP contribution in [-0.4, -0.2) is 5.97 Å². The first kappa shape index (κ1) is 9.47. The van der Waals surface area contributed by atoms with Crippen molar-refractivity contribution in [2.45, 2.75) is 39.5 Å². The van der Waals surface area contributed by atoms with E-state index in [1.165, 1.54) is 19.8 Å². The van der Waals surface area contributed by atoms with Crippen LogP contribution in [0.5, 0.6) is 0 Å². The molecule has 0 N–H and O–H groups in total. The zero-order chi connectivity index (χ0) is 7.82. The summed E-state index contributed by atoms with van der Waals surface area (Å²) < 4.78 is 4.62. The van der Waals surface area contributed by atoms with Crippen molar-refractivity contribution in [2.75, 3.05) is 0 Å². The number of esters is 1. The fourth-order valence-electron chi connectivity index (χ4n) is 0.654. The first-order valence-corrected chi connectivity index (χ1v) is 3.76. The molecule has 0 fully saturated rings. The Hall–Kier alpha value is -0.530. The van der Waals surface area contributed by atoms with Crippen LogP contribution in [0.3, 0.4) is 0 Å². The lowest BCUT2D eigenvalue weighted by molar-refractivity contribution is -0.137. The summed E-state index contributed by atoms with van der Waals surface area (Å²) in [6, 6.07) is 0. The third-order valence-electron chi connectivity index (χ3n) is 1.17. The summed E-state index contributed by atoms with van der Waals surface area (Å²) >= 11 is 0. The van der Waals surface area contributed by atoms with Crippen LogP contribution in [0.1, 0.15) is 39.5 Å². The fraction of sp³-hybridized carbons (Fsp3) is 0.750. The molecular weight excluding hydrogens is 128 g/mol. The van der Waals surface area contributed by atoms with Crippen molar-refractivity contribution in [1.82, 2.24) is 0 Å². The molecule has 0 aliphatic rings. The van der Waals surface area contributed by atoms with Crippen molar-refractivity contribution in [3.8, 4) is 0 Å². The van der Waals surface area contributed by atoms with Crippen LogP contribution in [0.4, 0.5) is 0 Å². The molecule has 0 saturated carbocycles. The molecule has 0 heterocycles. The lowest BCUT2D eigenvalue weighted by Crippen LogP contribution is -1.94. The topological polar surface area (TPSA) is 26.3 Å². The van der Waals surface area contributed by atoms with Gasteiger partial charge in [-0.3, -0.25) is 4.79 Å². The van der Waals surface area contributed by atoms with Crippen LogP contribution in [-0.2, 0) is 9.53 Å². The molecule has 0 bridgehead atoms. The van der Waals surface area contributed by atoms with Crippen LogP contribution in [0.2, 0.25) is 0 Å². The molecule has 0 aliphatic heterocycles. The van der Waals surface area contributed by atoms with Gasteiger partial charge in [-0.1, -0.05) is 19.8 Å². The molecule has 0 aromatic heterocycles. The van der Waals surface area contributed by atoms with Crippen LogP contribution >= 0.6 is 0 Å². The van der Waals surface area contributed by atoms with Gasteiger partial charge >= 0.3 is 5.97 Å². The van der Waals surface area contributed by atoms with E-state index in [9.17, 15) is 4.79 Å². The summed E-state index contributed by atoms with van der Waals surface area (Å²) in [7, 11) is 0. The van der Waals surface area contributed by atoms with E-state index in [0.29, 0.717) is 0 Å². The number of unbranched alkanes of at least 4 members (excludes halogenated alkanes) is 3. The Morgan fingerprint density at radius 1 is 1.50 bits per heavy atom. The fourth-order valence-corrected chi connectivity index (χ4v) is 0.654. The monoisotopic (exact) mass is 143 g/mol. The minimum absolute atomic E-state index is 0.225. The average molecular weight is 143 g/mol. The standard InChI is InChI=1S/C8H15O2/c1-3-4-5-6-7-10-8(2)9/h7H,3-6H2,1-2H3. The Balaban J connectivity index is 2.84. The van der Waals surface area contributed by atoms with E-state index in [1.807, 2.05) is 0 Å². The number of ether oxygens (including phenoxy) is 1. The molecule has 0 atom stereocenters. The molecule has 0 aliphatic carbocycles. The summed E-state index contributed by atoms with van der Waals surface area (Å²) in [6.07, 6.45) is 4.41. The Morgan fingerprint density at radius 2 is 2.20 bits per heavy atom. The van der Waals surface area contributed by atoms with Gasteiger partial charge in [0.15, 0.2) is 0 Å². The maximum atomic E-state index is 10.2. The maximum absolute atomic E-state index is 10.2. The van der Waals surface area contributed by atoms with Crippen molar-refractivity contribution < 1.29 is 9.53 Å². The molecule has 2 heteroatoms. The van der Waals surface area contributed by atoms with E-state index >= 15 is 0 Å². The number of carbonyl (C=O) groups excluding carboxylic acids is 1. The summed E-state index contributed by atoms with van der Waals surface area (Å²) in [5.41, 5.74) is 0. The Morgan fingerprint density at radius 3 is 2.70 bits per heavy atom. The SMILES string of the molecule is CCCCC[CH]OC(C)=O. The molecule has 0 amide bonds. The van der Waals surface area contributed by atoms with Crippen molar-refractivity contribution in [2.24, 2.45) is 0 Å². The van der Waals surface area contributed by atoms with Crippen molar-refractivity contribution >= 4 is 5.97 Å². The summed E-state index contributed by atoms with van der Waals surface area (Å²) in [5.74, 6) is -0.225. The maximum Gasteiger partial charge on any atom is 0.303 e. The number of hydrogen-bond donors (Lipinski definition) is 0. The summed E-state index contributed by atoms with van der Waals surface area (Å²) in [6.45, 7) is 5.14. The van der Waals surface area contributed by atoms with Crippen molar-refractivity contribution in [3.63, 3.8) is 0 Å². The van der Waals surface area contributed by atoms with Gasteiger partial charge in [0, 0.05) is 6.92 Å². The highest BCUT2D eigenvalue weighted by Crippen LogP contribution is 2.01. The molecule has 0 spiro atoms. The van der Waals surface area contributed by atoms with E-state index in [0.717, 1.165) is 12.8 Å². The zero-order valence-electron chi connectivity index (χ0n) is 6.72. The Bertz CT molecular complexity index is 89.3. The third-order valence-corrected chi connectivity index (χ3v) is 1.17. The lowest BCUT2D eigenvalue weighted by Gasteiger charge is -1.98. The number of hydrogen-bond acceptors (Lipinski definition) is 2. The molecule has 2 nitrogen and oxygen atoms in total. The quantitative estimate of drug-likeness (QED) is 0.436. The molecular formula is C8H15O2. The highest BCUT2D eigenvalue weighted by Gasteiger charge is 1.92. The molecule has 0 rings (SSSR count). The second kappa shape index (κ2) is 6.59. The van der Waals surface area contributed by atoms with Crippen molar-refractivity contribution in [3.05, 3.63) is 6.61 Å². The minimum Gasteiger partial charge on any atom is -0.459 e. The summed E-state index contributed by atoms with van der Waals surface area (Å²) in [5, 5.41) is 0. The van der Waals surface area contributed by atoms with Gasteiger partial charge in [-0.15, -0.1) is 0 Å². The van der Waals surface area contributed by atoms with E-state index in [4.69, 9.17) is 0 Å². The van der Waals surface area contributed by atoms with Crippen LogP contribution in [0, 0.1) is 6.61 Å². The Kier molecular flexibility index (Phi) is 6.24. The molecule has 1 radical (unpaired) electrons. The van der Waals surface area contributed by atoms with Crippen LogP contribution in [0.15, 0.2) is 0 Å². The molecule has 59 valence electrons. The van der Waals surface area contributed by atoms with E-state index in [1.54, 1.807) is 6.61 Å². The molecule has 0 aromatic rings. The zero-order valence-corrected chi connectivity index (χ0v) is 6.72. The van der Waals surface area contributed by atoms with Gasteiger partial charge in [-0.2, -0.15) is 0 Å². The second-order valence-electron chi connectivity index (χ2n) is 2.27. The van der Waals surface area contributed by atoms with Gasteiger partial charge in [0.2, 0.25) is 0 Å². The second-order valence-corrected chi connectivity index (χ2v) is 2.27. The van der Waals surface area contributed by atoms with Gasteiger partial charge in [-0.25, -0.2) is 0 Å². The number of carbonyl (C=O) groups is 1. The van der Waals surface area contributed by atoms with Crippen LogP contribution in [0.25, 0.3) is 0 Å². The van der Waals surface area contributed by atoms with Crippen LogP contribution < -0.4 is 0 Å². The van der Waals surface area contributed by atoms with Gasteiger partial charge in [0.1, 0.15) is 6.61 Å².